The third-order valence-corrected chi connectivity index (χ3v) is 9.15. The predicted octanol–water partition coefficient (Wildman–Crippen LogP) is 6.86. The maximum absolute atomic E-state index is 14.5. The summed E-state index contributed by atoms with van der Waals surface area (Å²) in [4.78, 5) is 45.7. The molecule has 0 N–H and O–H groups in total. The van der Waals surface area contributed by atoms with E-state index in [0.717, 1.165) is 11.3 Å². The number of hydrogen-bond acceptors (Lipinski definition) is 5. The molecular weight excluding hydrogens is 521 g/mol. The van der Waals surface area contributed by atoms with E-state index in [0.29, 0.717) is 26.6 Å². The fourth-order valence-electron chi connectivity index (χ4n) is 6.56. The predicted molar refractivity (Wildman–Crippen MR) is 146 cm³/mol. The van der Waals surface area contributed by atoms with Crippen LogP contribution in [0.4, 0.5) is 10.1 Å². The van der Waals surface area contributed by atoms with Crippen molar-refractivity contribution in [2.75, 3.05) is 4.90 Å². The van der Waals surface area contributed by atoms with Gasteiger partial charge >= 0.3 is 0 Å². The number of carbonyl (C=O) groups excluding carboxylic acids is 3. The number of fused-ring (bicyclic) bond motifs is 5. The van der Waals surface area contributed by atoms with Crippen molar-refractivity contribution in [2.24, 2.45) is 5.41 Å². The maximum atomic E-state index is 14.5. The molecular formula is C31H19ClFNO3S. The van der Waals surface area contributed by atoms with Crippen LogP contribution in [0, 0.1) is 11.2 Å². The number of halogens is 2. The van der Waals surface area contributed by atoms with E-state index in [1.807, 2.05) is 28.5 Å². The number of Topliss-reactive ketones (excluding diaryl/α,β-unsaturated/α-hetero) is 3. The monoisotopic (exact) mass is 539 g/mol. The minimum atomic E-state index is -1.60. The van der Waals surface area contributed by atoms with E-state index in [-0.39, 0.29) is 17.3 Å². The van der Waals surface area contributed by atoms with E-state index >= 15 is 0 Å². The first kappa shape index (κ1) is 23.3. The molecule has 1 spiro atoms. The van der Waals surface area contributed by atoms with Crippen molar-refractivity contribution in [3.8, 4) is 0 Å². The van der Waals surface area contributed by atoms with Gasteiger partial charge in [-0.25, -0.2) is 4.39 Å². The highest BCUT2D eigenvalue weighted by Crippen LogP contribution is 2.61. The highest BCUT2D eigenvalue weighted by atomic mass is 35.5. The van der Waals surface area contributed by atoms with Crippen LogP contribution in [0.2, 0.25) is 5.02 Å². The number of hydrogen-bond donors (Lipinski definition) is 0. The van der Waals surface area contributed by atoms with Crippen LogP contribution in [0.3, 0.4) is 0 Å². The second-order valence-electron chi connectivity index (χ2n) is 9.80. The molecule has 3 aromatic carbocycles. The minimum Gasteiger partial charge on any atom is -0.352 e. The third-order valence-electron chi connectivity index (χ3n) is 8.03. The Bertz CT molecular complexity index is 1640. The van der Waals surface area contributed by atoms with Gasteiger partial charge in [-0.3, -0.25) is 14.4 Å². The molecule has 0 saturated carbocycles. The quantitative estimate of drug-likeness (QED) is 0.211. The first-order valence-electron chi connectivity index (χ1n) is 12.2. The second kappa shape index (κ2) is 8.32. The molecule has 0 radical (unpaired) electrons. The van der Waals surface area contributed by atoms with Crippen LogP contribution >= 0.6 is 22.9 Å². The summed E-state index contributed by atoms with van der Waals surface area (Å²) < 4.78 is 14.1. The molecule has 0 bridgehead atoms. The van der Waals surface area contributed by atoms with Gasteiger partial charge in [0, 0.05) is 27.8 Å². The summed E-state index contributed by atoms with van der Waals surface area (Å²) in [6.45, 7) is 0. The molecule has 0 amide bonds. The molecule has 4 nitrogen and oxygen atoms in total. The summed E-state index contributed by atoms with van der Waals surface area (Å²) in [7, 11) is 0. The van der Waals surface area contributed by atoms with Gasteiger partial charge in [-0.1, -0.05) is 66.2 Å². The first-order valence-corrected chi connectivity index (χ1v) is 13.5. The van der Waals surface area contributed by atoms with E-state index < -0.39 is 29.2 Å². The zero-order chi connectivity index (χ0) is 26.2. The number of thiophene rings is 1. The summed E-state index contributed by atoms with van der Waals surface area (Å²) in [5, 5.41) is 2.37. The van der Waals surface area contributed by atoms with Gasteiger partial charge in [0.1, 0.15) is 17.3 Å². The Labute approximate surface area is 227 Å². The molecule has 4 aromatic rings. The molecule has 186 valence electrons. The summed E-state index contributed by atoms with van der Waals surface area (Å²) in [5.41, 5.74) is 1.18. The molecule has 3 atom stereocenters. The van der Waals surface area contributed by atoms with Gasteiger partial charge in [-0.2, -0.15) is 0 Å². The number of rotatable bonds is 3. The Hall–Kier alpha value is -3.87. The Balaban J connectivity index is 1.56. The summed E-state index contributed by atoms with van der Waals surface area (Å²) in [6.07, 6.45) is 3.71. The Morgan fingerprint density at radius 3 is 2.29 bits per heavy atom. The van der Waals surface area contributed by atoms with E-state index in [1.54, 1.807) is 60.7 Å². The van der Waals surface area contributed by atoms with Crippen LogP contribution in [0.5, 0.6) is 0 Å². The van der Waals surface area contributed by atoms with Crippen LogP contribution in [-0.2, 0) is 0 Å². The normalized spacial score (nSPS) is 22.5. The molecule has 38 heavy (non-hydrogen) atoms. The topological polar surface area (TPSA) is 54.5 Å². The van der Waals surface area contributed by atoms with Crippen molar-refractivity contribution in [3.05, 3.63) is 128 Å². The molecule has 3 aliphatic rings. The Kier molecular flexibility index (Phi) is 5.09. The van der Waals surface area contributed by atoms with Gasteiger partial charge in [0.05, 0.1) is 10.9 Å². The lowest BCUT2D eigenvalue weighted by Crippen LogP contribution is -2.48. The highest BCUT2D eigenvalue weighted by Gasteiger charge is 2.71. The van der Waals surface area contributed by atoms with E-state index in [9.17, 15) is 18.8 Å². The number of benzene rings is 3. The van der Waals surface area contributed by atoms with Gasteiger partial charge in [0.25, 0.3) is 0 Å². The molecule has 1 saturated heterocycles. The summed E-state index contributed by atoms with van der Waals surface area (Å²) >= 11 is 7.62. The van der Waals surface area contributed by atoms with Crippen LogP contribution in [0.1, 0.15) is 47.4 Å². The molecule has 3 heterocycles. The molecule has 1 fully saturated rings. The van der Waals surface area contributed by atoms with E-state index in [1.165, 1.54) is 23.5 Å². The highest BCUT2D eigenvalue weighted by molar-refractivity contribution is 7.12. The Morgan fingerprint density at radius 1 is 0.921 bits per heavy atom. The molecule has 7 heteroatoms. The SMILES string of the molecule is O=C(c1cccs1)[C@H]1[C@H](c2ccc(F)cc2)C2(C(=O)c3ccccc3C2=O)[C@H]2C=Cc3cc(Cl)ccc3N12. The smallest absolute Gasteiger partial charge is 0.195 e. The fraction of sp³-hybridized carbons (Fsp3) is 0.129. The number of anilines is 1. The lowest BCUT2D eigenvalue weighted by Gasteiger charge is -2.37. The van der Waals surface area contributed by atoms with Crippen molar-refractivity contribution in [1.29, 1.82) is 0 Å². The summed E-state index contributed by atoms with van der Waals surface area (Å²) in [6, 6.07) is 20.0. The molecule has 0 unspecified atom stereocenters. The van der Waals surface area contributed by atoms with Crippen molar-refractivity contribution < 1.29 is 18.8 Å². The standard InChI is InChI=1S/C31H19ClFNO3S/c32-19-10-13-23-18(16-19)9-14-25-31(29(36)21-4-1-2-5-22(21)30(31)37)26(17-7-11-20(33)12-8-17)27(34(23)25)28(35)24-6-3-15-38-24/h1-16,25-27H/t25-,26+,27-/m1/s1. The fourth-order valence-corrected chi connectivity index (χ4v) is 7.43. The molecule has 7 rings (SSSR count). The van der Waals surface area contributed by atoms with Gasteiger partial charge in [0.15, 0.2) is 17.3 Å². The first-order chi connectivity index (χ1) is 18.4. The van der Waals surface area contributed by atoms with E-state index in [4.69, 9.17) is 11.6 Å². The van der Waals surface area contributed by atoms with Crippen molar-refractivity contribution in [2.45, 2.75) is 18.0 Å². The van der Waals surface area contributed by atoms with Crippen LogP contribution < -0.4 is 4.90 Å². The molecule has 2 aliphatic heterocycles. The second-order valence-corrected chi connectivity index (χ2v) is 11.2. The zero-order valence-electron chi connectivity index (χ0n) is 19.8. The number of ketones is 3. The maximum Gasteiger partial charge on any atom is 0.195 e. The van der Waals surface area contributed by atoms with Gasteiger partial charge in [0.2, 0.25) is 0 Å². The Morgan fingerprint density at radius 2 is 1.63 bits per heavy atom. The lowest BCUT2D eigenvalue weighted by atomic mass is 9.64. The average Bonchev–Trinajstić information content (AvgIpc) is 3.62. The van der Waals surface area contributed by atoms with Crippen molar-refractivity contribution in [1.82, 2.24) is 0 Å². The molecule has 1 aliphatic carbocycles. The van der Waals surface area contributed by atoms with Crippen LogP contribution in [0.25, 0.3) is 6.08 Å². The molecule has 1 aromatic heterocycles. The van der Waals surface area contributed by atoms with Gasteiger partial charge < -0.3 is 4.90 Å². The van der Waals surface area contributed by atoms with E-state index in [2.05, 4.69) is 0 Å². The minimum absolute atomic E-state index is 0.191. The van der Waals surface area contributed by atoms with Crippen LogP contribution in [-0.4, -0.2) is 29.4 Å². The lowest BCUT2D eigenvalue weighted by molar-refractivity contribution is 0.0666. The van der Waals surface area contributed by atoms with Crippen molar-refractivity contribution in [3.63, 3.8) is 0 Å². The average molecular weight is 540 g/mol. The largest absolute Gasteiger partial charge is 0.352 e. The van der Waals surface area contributed by atoms with Crippen molar-refractivity contribution >= 4 is 52.1 Å². The third kappa shape index (κ3) is 2.99. The zero-order valence-corrected chi connectivity index (χ0v) is 21.4. The van der Waals surface area contributed by atoms with Crippen LogP contribution in [0.15, 0.2) is 90.3 Å². The van der Waals surface area contributed by atoms with Gasteiger partial charge in [-0.15, -0.1) is 11.3 Å². The number of carbonyl (C=O) groups is 3. The number of nitrogens with zero attached hydrogens (tertiary/aromatic N) is 1. The summed E-state index contributed by atoms with van der Waals surface area (Å²) in [5.74, 6) is -2.12. The van der Waals surface area contributed by atoms with Gasteiger partial charge in [-0.05, 0) is 52.9 Å².